The van der Waals surface area contributed by atoms with Gasteiger partial charge in [-0.2, -0.15) is 0 Å². The summed E-state index contributed by atoms with van der Waals surface area (Å²) in [5.41, 5.74) is 3.86. The van der Waals surface area contributed by atoms with E-state index in [0.29, 0.717) is 22.5 Å². The van der Waals surface area contributed by atoms with Crippen LogP contribution in [0.4, 0.5) is 11.4 Å². The second-order valence-corrected chi connectivity index (χ2v) is 9.06. The van der Waals surface area contributed by atoms with Crippen LogP contribution in [0.5, 0.6) is 0 Å². The molecule has 182 valence electrons. The molecule has 2 amide bonds. The molecule has 0 saturated heterocycles. The lowest BCUT2D eigenvalue weighted by atomic mass is 9.86. The second kappa shape index (κ2) is 10.0. The first-order valence-corrected chi connectivity index (χ1v) is 12.5. The van der Waals surface area contributed by atoms with Crippen molar-refractivity contribution >= 4 is 44.7 Å². The number of para-hydroxylation sites is 2. The molecule has 6 rings (SSSR count). The lowest BCUT2D eigenvalue weighted by molar-refractivity contribution is 0.101. The van der Waals surface area contributed by atoms with Gasteiger partial charge in [0.15, 0.2) is 0 Å². The van der Waals surface area contributed by atoms with Gasteiger partial charge in [-0.1, -0.05) is 97.1 Å². The minimum Gasteiger partial charge on any atom is -0.322 e. The molecule has 0 spiro atoms. The van der Waals surface area contributed by atoms with E-state index in [0.717, 1.165) is 32.7 Å². The maximum atomic E-state index is 13.7. The predicted molar refractivity (Wildman–Crippen MR) is 156 cm³/mol. The zero-order valence-corrected chi connectivity index (χ0v) is 20.5. The fraction of sp³-hybridized carbons (Fsp3) is 0. The Bertz CT molecular complexity index is 1660. The van der Waals surface area contributed by atoms with Crippen LogP contribution in [0.2, 0.25) is 0 Å². The molecule has 6 aromatic rings. The first-order valence-electron chi connectivity index (χ1n) is 12.5. The van der Waals surface area contributed by atoms with Crippen molar-refractivity contribution in [1.29, 1.82) is 0 Å². The number of hydrogen-bond acceptors (Lipinski definition) is 2. The highest BCUT2D eigenvalue weighted by Crippen LogP contribution is 2.39. The molecule has 0 saturated carbocycles. The van der Waals surface area contributed by atoms with Crippen LogP contribution in [0.25, 0.3) is 32.7 Å². The summed E-state index contributed by atoms with van der Waals surface area (Å²) in [5.74, 6) is -0.474. The Balaban J connectivity index is 1.61. The van der Waals surface area contributed by atoms with Gasteiger partial charge in [0.25, 0.3) is 11.8 Å². The number of rotatable bonds is 5. The van der Waals surface area contributed by atoms with E-state index in [4.69, 9.17) is 0 Å². The highest BCUT2D eigenvalue weighted by Gasteiger charge is 2.23. The summed E-state index contributed by atoms with van der Waals surface area (Å²) in [6.45, 7) is 0. The van der Waals surface area contributed by atoms with Gasteiger partial charge in [0.2, 0.25) is 0 Å². The highest BCUT2D eigenvalue weighted by atomic mass is 16.2. The minimum atomic E-state index is -0.237. The Morgan fingerprint density at radius 3 is 1.18 bits per heavy atom. The van der Waals surface area contributed by atoms with Crippen LogP contribution >= 0.6 is 0 Å². The van der Waals surface area contributed by atoms with E-state index < -0.39 is 0 Å². The fourth-order valence-electron chi connectivity index (χ4n) is 4.90. The van der Waals surface area contributed by atoms with Gasteiger partial charge in [0.05, 0.1) is 0 Å². The van der Waals surface area contributed by atoms with Crippen LogP contribution in [-0.4, -0.2) is 11.8 Å². The molecule has 0 aliphatic rings. The maximum absolute atomic E-state index is 13.7. The summed E-state index contributed by atoms with van der Waals surface area (Å²) < 4.78 is 0. The predicted octanol–water partition coefficient (Wildman–Crippen LogP) is 8.16. The largest absolute Gasteiger partial charge is 0.322 e. The van der Waals surface area contributed by atoms with E-state index in [-0.39, 0.29) is 11.8 Å². The Hall–Kier alpha value is -5.22. The molecule has 0 aromatic heterocycles. The third-order valence-electron chi connectivity index (χ3n) is 6.66. The third kappa shape index (κ3) is 4.40. The van der Waals surface area contributed by atoms with E-state index in [9.17, 15) is 9.59 Å². The molecule has 0 aliphatic heterocycles. The van der Waals surface area contributed by atoms with Crippen molar-refractivity contribution < 1.29 is 9.59 Å². The molecule has 0 atom stereocenters. The van der Waals surface area contributed by atoms with E-state index >= 15 is 0 Å². The first kappa shape index (κ1) is 23.2. The fourth-order valence-corrected chi connectivity index (χ4v) is 4.90. The van der Waals surface area contributed by atoms with Crippen molar-refractivity contribution in [1.82, 2.24) is 0 Å². The van der Waals surface area contributed by atoms with Gasteiger partial charge in [0, 0.05) is 33.6 Å². The second-order valence-electron chi connectivity index (χ2n) is 9.06. The number of benzene rings is 6. The van der Waals surface area contributed by atoms with Crippen LogP contribution in [0.3, 0.4) is 0 Å². The molecule has 0 radical (unpaired) electrons. The molecular formula is C34H24N2O2. The van der Waals surface area contributed by atoms with Crippen molar-refractivity contribution in [2.45, 2.75) is 0 Å². The Kier molecular flexibility index (Phi) is 6.12. The Morgan fingerprint density at radius 2 is 0.763 bits per heavy atom. The zero-order valence-electron chi connectivity index (χ0n) is 20.5. The van der Waals surface area contributed by atoms with Gasteiger partial charge >= 0.3 is 0 Å². The van der Waals surface area contributed by atoms with Gasteiger partial charge < -0.3 is 10.6 Å². The lowest BCUT2D eigenvalue weighted by Crippen LogP contribution is -2.16. The molecule has 2 N–H and O–H groups in total. The molecule has 0 fully saturated rings. The number of anilines is 2. The standard InChI is InChI=1S/C34H24N2O2/c37-33(35-25-13-3-1-4-14-25)29-21-19-23-11-7-9-17-27(23)31(29)32-28-18-10-8-12-24(28)20-22-30(32)34(38)36-26-15-5-2-6-16-26/h1-22H,(H,35,37)(H,36,38). The molecule has 0 unspecified atom stereocenters. The molecular weight excluding hydrogens is 468 g/mol. The molecule has 0 aliphatic carbocycles. The number of hydrogen-bond donors (Lipinski definition) is 2. The van der Waals surface area contributed by atoms with Crippen molar-refractivity contribution in [3.8, 4) is 11.1 Å². The topological polar surface area (TPSA) is 58.2 Å². The summed E-state index contributed by atoms with van der Waals surface area (Å²) in [5, 5.41) is 9.84. The van der Waals surface area contributed by atoms with Crippen LogP contribution in [0, 0.1) is 0 Å². The van der Waals surface area contributed by atoms with Gasteiger partial charge in [-0.05, 0) is 57.9 Å². The quantitative estimate of drug-likeness (QED) is 0.255. The van der Waals surface area contributed by atoms with E-state index in [2.05, 4.69) is 10.6 Å². The number of fused-ring (bicyclic) bond motifs is 2. The maximum Gasteiger partial charge on any atom is 0.256 e. The number of carbonyl (C=O) groups excluding carboxylic acids is 2. The SMILES string of the molecule is O=C(Nc1ccccc1)c1ccc2ccccc2c1-c1c(C(=O)Nc2ccccc2)ccc2ccccc12. The molecule has 38 heavy (non-hydrogen) atoms. The van der Waals surface area contributed by atoms with Gasteiger partial charge in [-0.15, -0.1) is 0 Å². The lowest BCUT2D eigenvalue weighted by Gasteiger charge is -2.19. The van der Waals surface area contributed by atoms with Crippen molar-refractivity contribution in [2.75, 3.05) is 10.6 Å². The third-order valence-corrected chi connectivity index (χ3v) is 6.66. The van der Waals surface area contributed by atoms with Crippen LogP contribution < -0.4 is 10.6 Å². The molecule has 4 nitrogen and oxygen atoms in total. The summed E-state index contributed by atoms with van der Waals surface area (Å²) in [7, 11) is 0. The minimum absolute atomic E-state index is 0.237. The average molecular weight is 493 g/mol. The Labute approximate surface area is 220 Å². The van der Waals surface area contributed by atoms with E-state index in [1.165, 1.54) is 0 Å². The van der Waals surface area contributed by atoms with Crippen molar-refractivity contribution in [3.63, 3.8) is 0 Å². The highest BCUT2D eigenvalue weighted by molar-refractivity contribution is 6.22. The molecule has 0 heterocycles. The van der Waals surface area contributed by atoms with Crippen LogP contribution in [-0.2, 0) is 0 Å². The summed E-state index contributed by atoms with van der Waals surface area (Å²) in [4.78, 5) is 27.5. The molecule has 4 heteroatoms. The number of carbonyl (C=O) groups is 2. The van der Waals surface area contributed by atoms with Crippen LogP contribution in [0.15, 0.2) is 133 Å². The van der Waals surface area contributed by atoms with Gasteiger partial charge in [-0.3, -0.25) is 9.59 Å². The van der Waals surface area contributed by atoms with E-state index in [1.54, 1.807) is 0 Å². The smallest absolute Gasteiger partial charge is 0.256 e. The zero-order chi connectivity index (χ0) is 25.9. The average Bonchev–Trinajstić information content (AvgIpc) is 2.97. The number of nitrogens with one attached hydrogen (secondary N) is 2. The number of amides is 2. The van der Waals surface area contributed by atoms with E-state index in [1.807, 2.05) is 133 Å². The Morgan fingerprint density at radius 1 is 0.395 bits per heavy atom. The molecule has 6 aromatic carbocycles. The monoisotopic (exact) mass is 492 g/mol. The van der Waals surface area contributed by atoms with Crippen molar-refractivity contribution in [3.05, 3.63) is 145 Å². The van der Waals surface area contributed by atoms with Gasteiger partial charge in [-0.25, -0.2) is 0 Å². The molecule has 0 bridgehead atoms. The normalized spacial score (nSPS) is 10.8. The summed E-state index contributed by atoms with van der Waals surface area (Å²) in [6.07, 6.45) is 0. The van der Waals surface area contributed by atoms with Crippen LogP contribution in [0.1, 0.15) is 20.7 Å². The van der Waals surface area contributed by atoms with Crippen molar-refractivity contribution in [2.24, 2.45) is 0 Å². The summed E-state index contributed by atoms with van der Waals surface area (Å²) >= 11 is 0. The first-order chi connectivity index (χ1) is 18.7. The van der Waals surface area contributed by atoms with Gasteiger partial charge in [0.1, 0.15) is 0 Å². The summed E-state index contributed by atoms with van der Waals surface area (Å²) in [6, 6.07) is 42.3.